The summed E-state index contributed by atoms with van der Waals surface area (Å²) in [4.78, 5) is 24.1. The summed E-state index contributed by atoms with van der Waals surface area (Å²) in [6.45, 7) is 5.25. The summed E-state index contributed by atoms with van der Waals surface area (Å²) in [5.41, 5.74) is 3.30. The predicted octanol–water partition coefficient (Wildman–Crippen LogP) is 2.54. The SMILES string of the molecule is Cc1nn(C)c(C)c1NC(=O)[C@H](C)OC(=O)CCc1ccccc1. The van der Waals surface area contributed by atoms with E-state index in [1.54, 1.807) is 11.6 Å². The van der Waals surface area contributed by atoms with Gasteiger partial charge >= 0.3 is 5.97 Å². The Morgan fingerprint density at radius 3 is 2.50 bits per heavy atom. The van der Waals surface area contributed by atoms with E-state index in [0.717, 1.165) is 17.0 Å². The molecule has 0 fully saturated rings. The number of nitrogens with zero attached hydrogens (tertiary/aromatic N) is 2. The molecule has 128 valence electrons. The van der Waals surface area contributed by atoms with Crippen LogP contribution in [0.1, 0.15) is 30.3 Å². The van der Waals surface area contributed by atoms with Crippen LogP contribution in [0, 0.1) is 13.8 Å². The molecular formula is C18H23N3O3. The van der Waals surface area contributed by atoms with E-state index in [1.807, 2.05) is 51.2 Å². The smallest absolute Gasteiger partial charge is 0.306 e. The molecule has 1 aromatic heterocycles. The zero-order valence-corrected chi connectivity index (χ0v) is 14.5. The number of nitrogens with one attached hydrogen (secondary N) is 1. The lowest BCUT2D eigenvalue weighted by atomic mass is 10.1. The average Bonchev–Trinajstić information content (AvgIpc) is 2.80. The van der Waals surface area contributed by atoms with Gasteiger partial charge < -0.3 is 10.1 Å². The third kappa shape index (κ3) is 4.44. The molecule has 24 heavy (non-hydrogen) atoms. The maximum absolute atomic E-state index is 12.2. The van der Waals surface area contributed by atoms with Gasteiger partial charge in [-0.3, -0.25) is 14.3 Å². The lowest BCUT2D eigenvalue weighted by molar-refractivity contribution is -0.153. The molecule has 0 aliphatic rings. The number of hydrogen-bond donors (Lipinski definition) is 1. The molecule has 1 N–H and O–H groups in total. The largest absolute Gasteiger partial charge is 0.453 e. The number of anilines is 1. The molecule has 1 aromatic carbocycles. The molecule has 2 aromatic rings. The highest BCUT2D eigenvalue weighted by Gasteiger charge is 2.20. The van der Waals surface area contributed by atoms with Crippen molar-refractivity contribution in [2.75, 3.05) is 5.32 Å². The van der Waals surface area contributed by atoms with E-state index in [1.165, 1.54) is 0 Å². The van der Waals surface area contributed by atoms with E-state index in [9.17, 15) is 9.59 Å². The van der Waals surface area contributed by atoms with Gasteiger partial charge in [0, 0.05) is 13.5 Å². The molecule has 1 amide bonds. The molecule has 6 nitrogen and oxygen atoms in total. The van der Waals surface area contributed by atoms with Crippen LogP contribution in [0.2, 0.25) is 0 Å². The van der Waals surface area contributed by atoms with Crippen molar-refractivity contribution in [3.63, 3.8) is 0 Å². The topological polar surface area (TPSA) is 73.2 Å². The number of hydrogen-bond acceptors (Lipinski definition) is 4. The van der Waals surface area contributed by atoms with Crippen molar-refractivity contribution < 1.29 is 14.3 Å². The Labute approximate surface area is 141 Å². The number of aromatic nitrogens is 2. The minimum absolute atomic E-state index is 0.243. The highest BCUT2D eigenvalue weighted by Crippen LogP contribution is 2.18. The van der Waals surface area contributed by atoms with Crippen LogP contribution in [0.25, 0.3) is 0 Å². The average molecular weight is 329 g/mol. The molecule has 2 rings (SSSR count). The third-order valence-electron chi connectivity index (χ3n) is 3.90. The van der Waals surface area contributed by atoms with Gasteiger partial charge in [0.1, 0.15) is 0 Å². The van der Waals surface area contributed by atoms with Crippen LogP contribution < -0.4 is 5.32 Å². The quantitative estimate of drug-likeness (QED) is 0.827. The van der Waals surface area contributed by atoms with Gasteiger partial charge in [0.2, 0.25) is 0 Å². The van der Waals surface area contributed by atoms with Crippen LogP contribution in [-0.2, 0) is 27.8 Å². The maximum atomic E-state index is 12.2. The lowest BCUT2D eigenvalue weighted by Crippen LogP contribution is -2.30. The van der Waals surface area contributed by atoms with Crippen molar-refractivity contribution in [2.45, 2.75) is 39.7 Å². The number of benzene rings is 1. The van der Waals surface area contributed by atoms with Crippen molar-refractivity contribution in [1.82, 2.24) is 9.78 Å². The van der Waals surface area contributed by atoms with E-state index in [0.29, 0.717) is 12.1 Å². The fraction of sp³-hybridized carbons (Fsp3) is 0.389. The number of carbonyl (C=O) groups excluding carboxylic acids is 2. The first-order valence-electron chi connectivity index (χ1n) is 7.93. The first-order valence-corrected chi connectivity index (χ1v) is 7.93. The van der Waals surface area contributed by atoms with Gasteiger partial charge in [0.25, 0.3) is 5.91 Å². The van der Waals surface area contributed by atoms with Gasteiger partial charge in [-0.15, -0.1) is 0 Å². The number of esters is 1. The molecule has 1 heterocycles. The molecule has 0 unspecified atom stereocenters. The second-order valence-corrected chi connectivity index (χ2v) is 5.78. The van der Waals surface area contributed by atoms with Gasteiger partial charge in [0.05, 0.1) is 17.1 Å². The summed E-state index contributed by atoms with van der Waals surface area (Å²) >= 11 is 0. The van der Waals surface area contributed by atoms with E-state index < -0.39 is 6.10 Å². The molecule has 1 atom stereocenters. The molecule has 0 spiro atoms. The molecular weight excluding hydrogens is 306 g/mol. The van der Waals surface area contributed by atoms with Gasteiger partial charge in [-0.05, 0) is 32.8 Å². The van der Waals surface area contributed by atoms with Crippen LogP contribution in [0.4, 0.5) is 5.69 Å². The zero-order valence-electron chi connectivity index (χ0n) is 14.5. The second-order valence-electron chi connectivity index (χ2n) is 5.78. The lowest BCUT2D eigenvalue weighted by Gasteiger charge is -2.13. The Hall–Kier alpha value is -2.63. The Morgan fingerprint density at radius 1 is 1.25 bits per heavy atom. The summed E-state index contributed by atoms with van der Waals surface area (Å²) in [5.74, 6) is -0.747. The van der Waals surface area contributed by atoms with Crippen molar-refractivity contribution in [2.24, 2.45) is 7.05 Å². The minimum atomic E-state index is -0.854. The first-order chi connectivity index (χ1) is 11.4. The van der Waals surface area contributed by atoms with E-state index in [-0.39, 0.29) is 18.3 Å². The van der Waals surface area contributed by atoms with Crippen LogP contribution in [0.5, 0.6) is 0 Å². The Kier molecular flexibility index (Phi) is 5.73. The third-order valence-corrected chi connectivity index (χ3v) is 3.90. The Bertz CT molecular complexity index is 723. The fourth-order valence-corrected chi connectivity index (χ4v) is 2.38. The monoisotopic (exact) mass is 329 g/mol. The molecule has 0 aliphatic heterocycles. The van der Waals surface area contributed by atoms with Crippen LogP contribution in [0.3, 0.4) is 0 Å². The number of carbonyl (C=O) groups is 2. The summed E-state index contributed by atoms with van der Waals surface area (Å²) in [6, 6.07) is 9.69. The molecule has 0 bridgehead atoms. The summed E-state index contributed by atoms with van der Waals surface area (Å²) in [5, 5.41) is 7.02. The number of amides is 1. The second kappa shape index (κ2) is 7.77. The van der Waals surface area contributed by atoms with E-state index in [4.69, 9.17) is 4.74 Å². The summed E-state index contributed by atoms with van der Waals surface area (Å²) < 4.78 is 6.91. The molecule has 0 saturated heterocycles. The van der Waals surface area contributed by atoms with Crippen molar-refractivity contribution >= 4 is 17.6 Å². The van der Waals surface area contributed by atoms with Crippen molar-refractivity contribution in [3.05, 3.63) is 47.3 Å². The van der Waals surface area contributed by atoms with E-state index in [2.05, 4.69) is 10.4 Å². The predicted molar refractivity (Wildman–Crippen MR) is 91.6 cm³/mol. The van der Waals surface area contributed by atoms with E-state index >= 15 is 0 Å². The van der Waals surface area contributed by atoms with Gasteiger partial charge in [-0.25, -0.2) is 0 Å². The van der Waals surface area contributed by atoms with Crippen LogP contribution in [0.15, 0.2) is 30.3 Å². The van der Waals surface area contributed by atoms with Crippen LogP contribution in [-0.4, -0.2) is 27.8 Å². The fourth-order valence-electron chi connectivity index (χ4n) is 2.38. The van der Waals surface area contributed by atoms with Crippen molar-refractivity contribution in [1.29, 1.82) is 0 Å². The first kappa shape index (κ1) is 17.7. The van der Waals surface area contributed by atoms with Crippen LogP contribution >= 0.6 is 0 Å². The molecule has 0 saturated carbocycles. The number of aryl methyl sites for hydroxylation is 3. The van der Waals surface area contributed by atoms with Gasteiger partial charge in [-0.1, -0.05) is 30.3 Å². The minimum Gasteiger partial charge on any atom is -0.453 e. The Morgan fingerprint density at radius 2 is 1.92 bits per heavy atom. The van der Waals surface area contributed by atoms with Crippen molar-refractivity contribution in [3.8, 4) is 0 Å². The maximum Gasteiger partial charge on any atom is 0.306 e. The standard InChI is InChI=1S/C18H23N3O3/c1-12-17(13(2)21(4)20-12)19-18(23)14(3)24-16(22)11-10-15-8-6-5-7-9-15/h5-9,14H,10-11H2,1-4H3,(H,19,23)/t14-/m0/s1. The highest BCUT2D eigenvalue weighted by atomic mass is 16.5. The van der Waals surface area contributed by atoms with Gasteiger partial charge in [-0.2, -0.15) is 5.10 Å². The highest BCUT2D eigenvalue weighted by molar-refractivity contribution is 5.96. The summed E-state index contributed by atoms with van der Waals surface area (Å²) in [6.07, 6.45) is -0.0196. The molecule has 0 radical (unpaired) electrons. The van der Waals surface area contributed by atoms with Gasteiger partial charge in [0.15, 0.2) is 6.10 Å². The number of ether oxygens (including phenoxy) is 1. The summed E-state index contributed by atoms with van der Waals surface area (Å²) in [7, 11) is 1.81. The Balaban J connectivity index is 1.85. The zero-order chi connectivity index (χ0) is 17.7. The normalized spacial score (nSPS) is 11.8. The molecule has 0 aliphatic carbocycles. The number of rotatable bonds is 6. The molecule has 6 heteroatoms.